The van der Waals surface area contributed by atoms with Gasteiger partial charge in [-0.2, -0.15) is 0 Å². The van der Waals surface area contributed by atoms with Gasteiger partial charge in [0.15, 0.2) is 15.8 Å². The first kappa shape index (κ1) is 21.4. The molecule has 2 aromatic carbocycles. The topological polar surface area (TPSA) is 99.7 Å². The van der Waals surface area contributed by atoms with Crippen LogP contribution in [0, 0.1) is 0 Å². The van der Waals surface area contributed by atoms with Crippen molar-refractivity contribution in [3.8, 4) is 0 Å². The lowest BCUT2D eigenvalue weighted by molar-refractivity contribution is 0.0963. The van der Waals surface area contributed by atoms with Gasteiger partial charge in [0.25, 0.3) is 5.91 Å². The summed E-state index contributed by atoms with van der Waals surface area (Å²) in [5.41, 5.74) is 2.65. The fraction of sp³-hybridized carbons (Fsp3) is 0.300. The second-order valence-electron chi connectivity index (χ2n) is 6.30. The van der Waals surface area contributed by atoms with Crippen LogP contribution < -0.4 is 16.0 Å². The molecule has 3 N–H and O–H groups in total. The molecule has 2 rings (SSSR count). The van der Waals surface area contributed by atoms with Gasteiger partial charge >= 0.3 is 0 Å². The molecule has 0 aliphatic heterocycles. The zero-order valence-corrected chi connectivity index (χ0v) is 17.1. The van der Waals surface area contributed by atoms with E-state index in [-0.39, 0.29) is 5.91 Å². The average Bonchev–Trinajstić information content (AvgIpc) is 2.69. The predicted octanol–water partition coefficient (Wildman–Crippen LogP) is 1.36. The number of hydrogen-bond acceptors (Lipinski definition) is 4. The Kier molecular flexibility index (Phi) is 7.57. The fourth-order valence-corrected chi connectivity index (χ4v) is 3.23. The number of carbonyl (C=O) groups excluding carboxylic acids is 1. The van der Waals surface area contributed by atoms with Gasteiger partial charge in [-0.1, -0.05) is 24.3 Å². The lowest BCUT2D eigenvalue weighted by Crippen LogP contribution is -2.37. The number of rotatable bonds is 7. The fourth-order valence-electron chi connectivity index (χ4n) is 2.60. The Morgan fingerprint density at radius 2 is 1.75 bits per heavy atom. The first-order valence-electron chi connectivity index (χ1n) is 8.88. The Morgan fingerprint density at radius 1 is 1.04 bits per heavy atom. The third-order valence-electron chi connectivity index (χ3n) is 4.16. The van der Waals surface area contributed by atoms with Crippen molar-refractivity contribution in [2.45, 2.75) is 17.9 Å². The van der Waals surface area contributed by atoms with Crippen molar-refractivity contribution in [2.24, 2.45) is 4.99 Å². The summed E-state index contributed by atoms with van der Waals surface area (Å²) in [5.74, 6) is 0.545. The molecule has 0 saturated carbocycles. The molecule has 0 spiro atoms. The third kappa shape index (κ3) is 6.38. The normalized spacial score (nSPS) is 11.8. The van der Waals surface area contributed by atoms with Crippen LogP contribution in [0.5, 0.6) is 0 Å². The standard InChI is InChI=1S/C20H26N4O3S/c1-21-19(25)17-6-4-5-15(13-17)11-12-23-20(22-2)24-14-16-7-9-18(10-8-16)28(3,26)27/h4-10,13H,11-12,14H2,1-3H3,(H,21,25)(H2,22,23,24). The quantitative estimate of drug-likeness (QED) is 0.480. The second kappa shape index (κ2) is 9.89. The number of carbonyl (C=O) groups is 1. The summed E-state index contributed by atoms with van der Waals surface area (Å²) in [6.07, 6.45) is 1.94. The smallest absolute Gasteiger partial charge is 0.251 e. The van der Waals surface area contributed by atoms with Crippen LogP contribution in [0.3, 0.4) is 0 Å². The summed E-state index contributed by atoms with van der Waals surface area (Å²) in [6.45, 7) is 1.18. The van der Waals surface area contributed by atoms with Crippen LogP contribution >= 0.6 is 0 Å². The van der Waals surface area contributed by atoms with Gasteiger partial charge in [-0.05, 0) is 41.8 Å². The molecule has 7 nitrogen and oxygen atoms in total. The SMILES string of the molecule is CN=C(NCCc1cccc(C(=O)NC)c1)NCc1ccc(S(C)(=O)=O)cc1. The predicted molar refractivity (Wildman–Crippen MR) is 111 cm³/mol. The highest BCUT2D eigenvalue weighted by Gasteiger charge is 2.07. The number of aliphatic imine (C=N–C) groups is 1. The van der Waals surface area contributed by atoms with E-state index >= 15 is 0 Å². The highest BCUT2D eigenvalue weighted by Crippen LogP contribution is 2.10. The van der Waals surface area contributed by atoms with Crippen LogP contribution in [0.25, 0.3) is 0 Å². The summed E-state index contributed by atoms with van der Waals surface area (Å²) in [7, 11) is 0.115. The van der Waals surface area contributed by atoms with Crippen molar-refractivity contribution in [3.63, 3.8) is 0 Å². The molecule has 0 radical (unpaired) electrons. The molecular weight excluding hydrogens is 376 g/mol. The maximum absolute atomic E-state index is 11.7. The lowest BCUT2D eigenvalue weighted by Gasteiger charge is -2.12. The van der Waals surface area contributed by atoms with E-state index in [9.17, 15) is 13.2 Å². The minimum Gasteiger partial charge on any atom is -0.356 e. The number of nitrogens with zero attached hydrogens (tertiary/aromatic N) is 1. The summed E-state index contributed by atoms with van der Waals surface area (Å²) < 4.78 is 23.0. The van der Waals surface area contributed by atoms with E-state index in [1.807, 2.05) is 18.2 Å². The van der Waals surface area contributed by atoms with Crippen molar-refractivity contribution in [1.82, 2.24) is 16.0 Å². The molecule has 0 fully saturated rings. The van der Waals surface area contributed by atoms with Crippen LogP contribution in [0.15, 0.2) is 58.4 Å². The summed E-state index contributed by atoms with van der Waals surface area (Å²) in [5, 5.41) is 9.04. The van der Waals surface area contributed by atoms with E-state index in [1.54, 1.807) is 44.4 Å². The van der Waals surface area contributed by atoms with E-state index in [1.165, 1.54) is 6.26 Å². The molecule has 0 aliphatic rings. The molecule has 0 unspecified atom stereocenters. The van der Waals surface area contributed by atoms with Gasteiger partial charge in [0.2, 0.25) is 0 Å². The van der Waals surface area contributed by atoms with E-state index in [0.29, 0.717) is 29.5 Å². The highest BCUT2D eigenvalue weighted by molar-refractivity contribution is 7.90. The average molecular weight is 403 g/mol. The highest BCUT2D eigenvalue weighted by atomic mass is 32.2. The molecule has 0 saturated heterocycles. The number of benzene rings is 2. The molecule has 28 heavy (non-hydrogen) atoms. The maximum Gasteiger partial charge on any atom is 0.251 e. The summed E-state index contributed by atoms with van der Waals surface area (Å²) in [6, 6.07) is 14.3. The minimum absolute atomic E-state index is 0.103. The molecule has 1 amide bonds. The van der Waals surface area contributed by atoms with Crippen molar-refractivity contribution in [3.05, 3.63) is 65.2 Å². The van der Waals surface area contributed by atoms with Crippen molar-refractivity contribution in [2.75, 3.05) is 26.9 Å². The number of nitrogens with one attached hydrogen (secondary N) is 3. The first-order chi connectivity index (χ1) is 13.3. The van der Waals surface area contributed by atoms with Crippen LogP contribution in [0.4, 0.5) is 0 Å². The zero-order chi connectivity index (χ0) is 20.6. The van der Waals surface area contributed by atoms with E-state index in [4.69, 9.17) is 0 Å². The van der Waals surface area contributed by atoms with Gasteiger partial charge in [0.05, 0.1) is 4.90 Å². The molecule has 0 aromatic heterocycles. The number of guanidine groups is 1. The van der Waals surface area contributed by atoms with E-state index < -0.39 is 9.84 Å². The van der Waals surface area contributed by atoms with Crippen molar-refractivity contribution < 1.29 is 13.2 Å². The monoisotopic (exact) mass is 402 g/mol. The van der Waals surface area contributed by atoms with Crippen molar-refractivity contribution in [1.29, 1.82) is 0 Å². The van der Waals surface area contributed by atoms with Crippen LogP contribution in [0.2, 0.25) is 0 Å². The van der Waals surface area contributed by atoms with Gasteiger partial charge < -0.3 is 16.0 Å². The molecule has 0 bridgehead atoms. The van der Waals surface area contributed by atoms with Gasteiger partial charge in [-0.15, -0.1) is 0 Å². The minimum atomic E-state index is -3.19. The van der Waals surface area contributed by atoms with Crippen LogP contribution in [-0.4, -0.2) is 47.2 Å². The molecular formula is C20H26N4O3S. The molecule has 8 heteroatoms. The van der Waals surface area contributed by atoms with Crippen LogP contribution in [-0.2, 0) is 22.8 Å². The van der Waals surface area contributed by atoms with Gasteiger partial charge in [0, 0.05) is 39.0 Å². The van der Waals surface area contributed by atoms with Gasteiger partial charge in [0.1, 0.15) is 0 Å². The summed E-state index contributed by atoms with van der Waals surface area (Å²) in [4.78, 5) is 16.2. The zero-order valence-electron chi connectivity index (χ0n) is 16.3. The Hall–Kier alpha value is -2.87. The van der Waals surface area contributed by atoms with Gasteiger partial charge in [-0.25, -0.2) is 8.42 Å². The Balaban J connectivity index is 1.84. The number of amides is 1. The number of sulfone groups is 1. The lowest BCUT2D eigenvalue weighted by atomic mass is 10.1. The molecule has 150 valence electrons. The Bertz CT molecular complexity index is 938. The molecule has 2 aromatic rings. The molecule has 0 atom stereocenters. The Morgan fingerprint density at radius 3 is 2.36 bits per heavy atom. The third-order valence-corrected chi connectivity index (χ3v) is 5.29. The largest absolute Gasteiger partial charge is 0.356 e. The first-order valence-corrected chi connectivity index (χ1v) is 10.8. The van der Waals surface area contributed by atoms with Crippen molar-refractivity contribution >= 4 is 21.7 Å². The Labute approximate surface area is 166 Å². The number of hydrogen-bond donors (Lipinski definition) is 3. The van der Waals surface area contributed by atoms with Gasteiger partial charge in [-0.3, -0.25) is 9.79 Å². The molecule has 0 aliphatic carbocycles. The maximum atomic E-state index is 11.7. The molecule has 0 heterocycles. The second-order valence-corrected chi connectivity index (χ2v) is 8.31. The van der Waals surface area contributed by atoms with Crippen LogP contribution in [0.1, 0.15) is 21.5 Å². The summed E-state index contributed by atoms with van der Waals surface area (Å²) >= 11 is 0. The van der Waals surface area contributed by atoms with E-state index in [2.05, 4.69) is 20.9 Å². The van der Waals surface area contributed by atoms with E-state index in [0.717, 1.165) is 17.5 Å².